The summed E-state index contributed by atoms with van der Waals surface area (Å²) < 4.78 is 32.2. The summed E-state index contributed by atoms with van der Waals surface area (Å²) in [5, 5.41) is 0. The van der Waals surface area contributed by atoms with Crippen LogP contribution in [-0.2, 0) is 4.74 Å². The van der Waals surface area contributed by atoms with Gasteiger partial charge in [-0.05, 0) is 44.0 Å². The monoisotopic (exact) mass is 345 g/mol. The van der Waals surface area contributed by atoms with Crippen molar-refractivity contribution in [3.63, 3.8) is 0 Å². The molecule has 0 saturated carbocycles. The Kier molecular flexibility index (Phi) is 4.50. The van der Waals surface area contributed by atoms with E-state index in [9.17, 15) is 13.6 Å². The molecule has 3 rings (SSSR count). The molecular weight excluding hydrogens is 324 g/mol. The van der Waals surface area contributed by atoms with Gasteiger partial charge in [0.2, 0.25) is 0 Å². The van der Waals surface area contributed by atoms with Gasteiger partial charge in [0.1, 0.15) is 17.2 Å². The average molecular weight is 345 g/mol. The highest BCUT2D eigenvalue weighted by Crippen LogP contribution is 2.31. The minimum Gasteiger partial charge on any atom is -0.444 e. The van der Waals surface area contributed by atoms with E-state index >= 15 is 0 Å². The lowest BCUT2D eigenvalue weighted by atomic mass is 9.90. The van der Waals surface area contributed by atoms with Crippen molar-refractivity contribution < 1.29 is 18.3 Å². The number of halogens is 2. The van der Waals surface area contributed by atoms with Gasteiger partial charge in [-0.2, -0.15) is 0 Å². The van der Waals surface area contributed by atoms with Gasteiger partial charge in [0.25, 0.3) is 0 Å². The number of carbonyl (C=O) groups excluding carboxylic acids is 1. The maximum atomic E-state index is 13.8. The van der Waals surface area contributed by atoms with Crippen molar-refractivity contribution in [3.8, 4) is 11.1 Å². The Morgan fingerprint density at radius 2 is 1.72 bits per heavy atom. The predicted octanol–water partition coefficient (Wildman–Crippen LogP) is 4.97. The molecule has 5 heteroatoms. The Balaban J connectivity index is 1.64. The molecule has 0 aliphatic carbocycles. The number of hydrogen-bond acceptors (Lipinski definition) is 2. The summed E-state index contributed by atoms with van der Waals surface area (Å²) >= 11 is 0. The summed E-state index contributed by atoms with van der Waals surface area (Å²) in [6, 6.07) is 11.1. The van der Waals surface area contributed by atoms with E-state index in [4.69, 9.17) is 4.74 Å². The standard InChI is InChI=1S/C20H21F2NO2/c1-20(2,3)25-19(24)23-11-15(12-23)13-4-6-14(7-5-13)17-9-8-16(21)10-18(17)22/h4-10,15H,11-12H2,1-3H3. The quantitative estimate of drug-likeness (QED) is 0.769. The highest BCUT2D eigenvalue weighted by molar-refractivity contribution is 5.70. The van der Waals surface area contributed by atoms with Crippen molar-refractivity contribution in [2.24, 2.45) is 0 Å². The number of nitrogens with zero attached hydrogens (tertiary/aromatic N) is 1. The van der Waals surface area contributed by atoms with E-state index in [0.717, 1.165) is 11.6 Å². The molecular formula is C20H21F2NO2. The lowest BCUT2D eigenvalue weighted by Crippen LogP contribution is -2.50. The minimum absolute atomic E-state index is 0.250. The van der Waals surface area contributed by atoms with E-state index in [-0.39, 0.29) is 12.0 Å². The summed E-state index contributed by atoms with van der Waals surface area (Å²) in [6.07, 6.45) is -0.297. The maximum Gasteiger partial charge on any atom is 0.410 e. The molecule has 1 heterocycles. The van der Waals surface area contributed by atoms with E-state index in [1.807, 2.05) is 45.0 Å². The van der Waals surface area contributed by atoms with Crippen molar-refractivity contribution in [1.29, 1.82) is 0 Å². The van der Waals surface area contributed by atoms with Crippen LogP contribution in [0.25, 0.3) is 11.1 Å². The second-order valence-corrected chi connectivity index (χ2v) is 7.33. The number of amides is 1. The molecule has 0 unspecified atom stereocenters. The van der Waals surface area contributed by atoms with Crippen LogP contribution in [-0.4, -0.2) is 29.7 Å². The third kappa shape index (κ3) is 3.98. The van der Waals surface area contributed by atoms with Crippen LogP contribution in [0.1, 0.15) is 32.3 Å². The first-order chi connectivity index (χ1) is 11.7. The third-order valence-corrected chi connectivity index (χ3v) is 4.16. The molecule has 25 heavy (non-hydrogen) atoms. The molecule has 1 fully saturated rings. The zero-order valence-corrected chi connectivity index (χ0v) is 14.6. The Hall–Kier alpha value is -2.43. The molecule has 1 aliphatic heterocycles. The number of carbonyl (C=O) groups is 1. The van der Waals surface area contributed by atoms with Crippen molar-refractivity contribution in [3.05, 3.63) is 59.7 Å². The number of likely N-dealkylation sites (tertiary alicyclic amines) is 1. The van der Waals surface area contributed by atoms with Crippen LogP contribution in [0.5, 0.6) is 0 Å². The van der Waals surface area contributed by atoms with Crippen LogP contribution >= 0.6 is 0 Å². The van der Waals surface area contributed by atoms with Gasteiger partial charge in [0.15, 0.2) is 0 Å². The summed E-state index contributed by atoms with van der Waals surface area (Å²) in [5.74, 6) is -0.915. The number of rotatable bonds is 2. The minimum atomic E-state index is -0.588. The van der Waals surface area contributed by atoms with Gasteiger partial charge in [0.05, 0.1) is 0 Å². The largest absolute Gasteiger partial charge is 0.444 e. The van der Waals surface area contributed by atoms with Crippen molar-refractivity contribution >= 4 is 6.09 Å². The van der Waals surface area contributed by atoms with E-state index in [1.54, 1.807) is 4.90 Å². The molecule has 0 radical (unpaired) electrons. The van der Waals surface area contributed by atoms with Gasteiger partial charge in [-0.3, -0.25) is 0 Å². The van der Waals surface area contributed by atoms with Crippen molar-refractivity contribution in [2.75, 3.05) is 13.1 Å². The van der Waals surface area contributed by atoms with Gasteiger partial charge in [-0.25, -0.2) is 13.6 Å². The first-order valence-electron chi connectivity index (χ1n) is 8.26. The van der Waals surface area contributed by atoms with Crippen LogP contribution in [0.3, 0.4) is 0 Å². The molecule has 0 bridgehead atoms. The Labute approximate surface area is 146 Å². The van der Waals surface area contributed by atoms with E-state index < -0.39 is 17.2 Å². The van der Waals surface area contributed by atoms with Crippen LogP contribution in [0, 0.1) is 11.6 Å². The summed E-state index contributed by atoms with van der Waals surface area (Å²) in [5.41, 5.74) is 1.66. The van der Waals surface area contributed by atoms with E-state index in [1.165, 1.54) is 12.1 Å². The molecule has 132 valence electrons. The maximum absolute atomic E-state index is 13.8. The van der Waals surface area contributed by atoms with Gasteiger partial charge < -0.3 is 9.64 Å². The van der Waals surface area contributed by atoms with Crippen molar-refractivity contribution in [2.45, 2.75) is 32.3 Å². The van der Waals surface area contributed by atoms with Gasteiger partial charge in [0, 0.05) is 30.6 Å². The number of benzene rings is 2. The Bertz CT molecular complexity index is 775. The predicted molar refractivity (Wildman–Crippen MR) is 92.3 cm³/mol. The van der Waals surface area contributed by atoms with Crippen LogP contribution in [0.4, 0.5) is 13.6 Å². The van der Waals surface area contributed by atoms with Crippen LogP contribution < -0.4 is 0 Å². The second-order valence-electron chi connectivity index (χ2n) is 7.33. The summed E-state index contributed by atoms with van der Waals surface area (Å²) in [6.45, 7) is 6.75. The zero-order chi connectivity index (χ0) is 18.2. The molecule has 0 atom stereocenters. The van der Waals surface area contributed by atoms with Gasteiger partial charge in [-0.15, -0.1) is 0 Å². The highest BCUT2D eigenvalue weighted by Gasteiger charge is 2.34. The molecule has 2 aromatic carbocycles. The average Bonchev–Trinajstić information content (AvgIpc) is 2.45. The molecule has 1 saturated heterocycles. The van der Waals surface area contributed by atoms with Crippen LogP contribution in [0.15, 0.2) is 42.5 Å². The molecule has 0 N–H and O–H groups in total. The lowest BCUT2D eigenvalue weighted by Gasteiger charge is -2.40. The second kappa shape index (κ2) is 6.47. The topological polar surface area (TPSA) is 29.5 Å². The first-order valence-corrected chi connectivity index (χ1v) is 8.26. The van der Waals surface area contributed by atoms with E-state index in [0.29, 0.717) is 24.2 Å². The zero-order valence-electron chi connectivity index (χ0n) is 14.6. The number of ether oxygens (including phenoxy) is 1. The fourth-order valence-electron chi connectivity index (χ4n) is 2.82. The summed E-state index contributed by atoms with van der Waals surface area (Å²) in [7, 11) is 0. The molecule has 2 aromatic rings. The highest BCUT2D eigenvalue weighted by atomic mass is 19.1. The fraction of sp³-hybridized carbons (Fsp3) is 0.350. The number of hydrogen-bond donors (Lipinski definition) is 0. The fourth-order valence-corrected chi connectivity index (χ4v) is 2.82. The summed E-state index contributed by atoms with van der Waals surface area (Å²) in [4.78, 5) is 13.6. The smallest absolute Gasteiger partial charge is 0.410 e. The molecule has 1 aliphatic rings. The lowest BCUT2D eigenvalue weighted by molar-refractivity contribution is 0.00819. The van der Waals surface area contributed by atoms with Gasteiger partial charge in [-0.1, -0.05) is 24.3 Å². The SMILES string of the molecule is CC(C)(C)OC(=O)N1CC(c2ccc(-c3ccc(F)cc3F)cc2)C1. The molecule has 0 spiro atoms. The first kappa shape index (κ1) is 17.4. The normalized spacial score (nSPS) is 15.0. The Morgan fingerprint density at radius 1 is 1.08 bits per heavy atom. The molecule has 0 aromatic heterocycles. The van der Waals surface area contributed by atoms with Crippen molar-refractivity contribution in [1.82, 2.24) is 4.90 Å². The molecule has 1 amide bonds. The van der Waals surface area contributed by atoms with Crippen LogP contribution in [0.2, 0.25) is 0 Å². The molecule has 3 nitrogen and oxygen atoms in total. The van der Waals surface area contributed by atoms with E-state index in [2.05, 4.69) is 0 Å². The Morgan fingerprint density at radius 3 is 2.28 bits per heavy atom. The van der Waals surface area contributed by atoms with Gasteiger partial charge >= 0.3 is 6.09 Å². The third-order valence-electron chi connectivity index (χ3n) is 4.16.